The standard InChI is InChI=1S/C40H79NO4/c1-5-9-12-14-17-21-25-31-38(32-26-22-18-15-13-10-6-2)45-40(43)34-30-36-41(8-4)35-28-24-20-16-19-23-27-33-39(42)44-37-29-11-7-3/h38H,5-37H2,1-4H3. The minimum Gasteiger partial charge on any atom is -0.466 e. The molecular formula is C40H79NO4. The van der Waals surface area contributed by atoms with Gasteiger partial charge in [0.05, 0.1) is 6.61 Å². The maximum Gasteiger partial charge on any atom is 0.306 e. The third kappa shape index (κ3) is 32.6. The van der Waals surface area contributed by atoms with Crippen LogP contribution in [0.4, 0.5) is 0 Å². The highest BCUT2D eigenvalue weighted by Gasteiger charge is 2.15. The highest BCUT2D eigenvalue weighted by Crippen LogP contribution is 2.18. The molecule has 0 radical (unpaired) electrons. The van der Waals surface area contributed by atoms with Crippen molar-refractivity contribution in [3.8, 4) is 0 Å². The van der Waals surface area contributed by atoms with Gasteiger partial charge >= 0.3 is 11.9 Å². The molecule has 0 aliphatic carbocycles. The van der Waals surface area contributed by atoms with E-state index in [1.807, 2.05) is 0 Å². The monoisotopic (exact) mass is 638 g/mol. The predicted molar refractivity (Wildman–Crippen MR) is 194 cm³/mol. The van der Waals surface area contributed by atoms with E-state index in [4.69, 9.17) is 9.47 Å². The Kier molecular flexibility index (Phi) is 34.9. The van der Waals surface area contributed by atoms with Crippen LogP contribution in [0.25, 0.3) is 0 Å². The average molecular weight is 638 g/mol. The van der Waals surface area contributed by atoms with Gasteiger partial charge in [-0.15, -0.1) is 0 Å². The van der Waals surface area contributed by atoms with Crippen molar-refractivity contribution in [3.63, 3.8) is 0 Å². The lowest BCUT2D eigenvalue weighted by atomic mass is 10.0. The predicted octanol–water partition coefficient (Wildman–Crippen LogP) is 12.1. The maximum atomic E-state index is 12.8. The molecule has 0 N–H and O–H groups in total. The molecule has 0 amide bonds. The Morgan fingerprint density at radius 3 is 1.42 bits per heavy atom. The van der Waals surface area contributed by atoms with Crippen molar-refractivity contribution in [2.45, 2.75) is 220 Å². The van der Waals surface area contributed by atoms with Crippen molar-refractivity contribution < 1.29 is 19.1 Å². The van der Waals surface area contributed by atoms with Crippen molar-refractivity contribution in [1.82, 2.24) is 4.90 Å². The molecule has 0 spiro atoms. The number of ether oxygens (including phenoxy) is 2. The largest absolute Gasteiger partial charge is 0.466 e. The van der Waals surface area contributed by atoms with Crippen LogP contribution in [0.5, 0.6) is 0 Å². The van der Waals surface area contributed by atoms with Crippen LogP contribution in [0.3, 0.4) is 0 Å². The minimum atomic E-state index is -0.0224. The molecule has 0 saturated carbocycles. The molecule has 5 nitrogen and oxygen atoms in total. The van der Waals surface area contributed by atoms with Gasteiger partial charge in [-0.25, -0.2) is 0 Å². The summed E-state index contributed by atoms with van der Waals surface area (Å²) < 4.78 is 11.4. The van der Waals surface area contributed by atoms with E-state index in [-0.39, 0.29) is 18.0 Å². The summed E-state index contributed by atoms with van der Waals surface area (Å²) in [7, 11) is 0. The van der Waals surface area contributed by atoms with Gasteiger partial charge in [-0.3, -0.25) is 9.59 Å². The van der Waals surface area contributed by atoms with Gasteiger partial charge in [0.25, 0.3) is 0 Å². The van der Waals surface area contributed by atoms with E-state index in [0.717, 1.165) is 71.0 Å². The fraction of sp³-hybridized carbons (Fsp3) is 0.950. The summed E-state index contributed by atoms with van der Waals surface area (Å²) in [5.41, 5.74) is 0. The topological polar surface area (TPSA) is 55.8 Å². The maximum absolute atomic E-state index is 12.8. The van der Waals surface area contributed by atoms with Crippen LogP contribution in [-0.2, 0) is 19.1 Å². The molecule has 0 heterocycles. The third-order valence-electron chi connectivity index (χ3n) is 9.23. The Hall–Kier alpha value is -1.10. The molecule has 45 heavy (non-hydrogen) atoms. The molecule has 5 heteroatoms. The van der Waals surface area contributed by atoms with E-state index in [1.54, 1.807) is 0 Å². The minimum absolute atomic E-state index is 0.0201. The summed E-state index contributed by atoms with van der Waals surface area (Å²) in [5.74, 6) is -0.00228. The van der Waals surface area contributed by atoms with Crippen LogP contribution in [0.2, 0.25) is 0 Å². The lowest BCUT2D eigenvalue weighted by Gasteiger charge is -2.21. The molecule has 0 aliphatic heterocycles. The normalized spacial score (nSPS) is 11.5. The Labute approximate surface area is 281 Å². The van der Waals surface area contributed by atoms with E-state index in [0.29, 0.717) is 19.4 Å². The van der Waals surface area contributed by atoms with Crippen LogP contribution in [0.15, 0.2) is 0 Å². The molecule has 0 fully saturated rings. The number of nitrogens with zero attached hydrogens (tertiary/aromatic N) is 1. The van der Waals surface area contributed by atoms with Gasteiger partial charge < -0.3 is 14.4 Å². The van der Waals surface area contributed by atoms with Crippen molar-refractivity contribution >= 4 is 11.9 Å². The highest BCUT2D eigenvalue weighted by atomic mass is 16.5. The summed E-state index contributed by atoms with van der Waals surface area (Å²) >= 11 is 0. The number of unbranched alkanes of at least 4 members (excludes halogenated alkanes) is 20. The van der Waals surface area contributed by atoms with E-state index < -0.39 is 0 Å². The van der Waals surface area contributed by atoms with Crippen LogP contribution < -0.4 is 0 Å². The smallest absolute Gasteiger partial charge is 0.306 e. The lowest BCUT2D eigenvalue weighted by molar-refractivity contribution is -0.150. The zero-order valence-corrected chi connectivity index (χ0v) is 31.0. The van der Waals surface area contributed by atoms with Crippen molar-refractivity contribution in [3.05, 3.63) is 0 Å². The van der Waals surface area contributed by atoms with Gasteiger partial charge in [0.1, 0.15) is 6.10 Å². The zero-order chi connectivity index (χ0) is 33.1. The van der Waals surface area contributed by atoms with E-state index >= 15 is 0 Å². The van der Waals surface area contributed by atoms with Gasteiger partial charge in [0.15, 0.2) is 0 Å². The number of carbonyl (C=O) groups is 2. The summed E-state index contributed by atoms with van der Waals surface area (Å²) in [4.78, 5) is 27.0. The Morgan fingerprint density at radius 2 is 0.889 bits per heavy atom. The second-order valence-electron chi connectivity index (χ2n) is 13.6. The molecular weight excluding hydrogens is 558 g/mol. The number of rotatable bonds is 36. The van der Waals surface area contributed by atoms with Crippen molar-refractivity contribution in [1.29, 1.82) is 0 Å². The van der Waals surface area contributed by atoms with Crippen LogP contribution in [0.1, 0.15) is 214 Å². The van der Waals surface area contributed by atoms with Crippen LogP contribution in [-0.4, -0.2) is 49.2 Å². The first-order valence-corrected chi connectivity index (χ1v) is 20.1. The lowest BCUT2D eigenvalue weighted by Crippen LogP contribution is -2.26. The molecule has 268 valence electrons. The van der Waals surface area contributed by atoms with Gasteiger partial charge in [-0.2, -0.15) is 0 Å². The molecule has 0 unspecified atom stereocenters. The van der Waals surface area contributed by atoms with Gasteiger partial charge in [0, 0.05) is 12.8 Å². The highest BCUT2D eigenvalue weighted by molar-refractivity contribution is 5.69. The number of carbonyl (C=O) groups excluding carboxylic acids is 2. The first kappa shape index (κ1) is 43.9. The van der Waals surface area contributed by atoms with Crippen molar-refractivity contribution in [2.24, 2.45) is 0 Å². The van der Waals surface area contributed by atoms with Crippen LogP contribution >= 0.6 is 0 Å². The molecule has 0 atom stereocenters. The fourth-order valence-electron chi connectivity index (χ4n) is 6.14. The Morgan fingerprint density at radius 1 is 0.467 bits per heavy atom. The first-order chi connectivity index (χ1) is 22.1. The molecule has 0 rings (SSSR count). The number of hydrogen-bond acceptors (Lipinski definition) is 5. The molecule has 0 aliphatic rings. The molecule has 0 aromatic rings. The second-order valence-corrected chi connectivity index (χ2v) is 13.6. The van der Waals surface area contributed by atoms with E-state index in [1.165, 1.54) is 122 Å². The quantitative estimate of drug-likeness (QED) is 0.0505. The average Bonchev–Trinajstić information content (AvgIpc) is 3.04. The molecule has 0 aromatic heterocycles. The van der Waals surface area contributed by atoms with E-state index in [9.17, 15) is 9.59 Å². The summed E-state index contributed by atoms with van der Waals surface area (Å²) in [5, 5.41) is 0. The van der Waals surface area contributed by atoms with E-state index in [2.05, 4.69) is 32.6 Å². The van der Waals surface area contributed by atoms with Gasteiger partial charge in [0.2, 0.25) is 0 Å². The summed E-state index contributed by atoms with van der Waals surface area (Å²) in [6.07, 6.45) is 34.1. The van der Waals surface area contributed by atoms with Crippen molar-refractivity contribution in [2.75, 3.05) is 26.2 Å². The third-order valence-corrected chi connectivity index (χ3v) is 9.23. The number of hydrogen-bond donors (Lipinski definition) is 0. The Balaban J connectivity index is 4.06. The van der Waals surface area contributed by atoms with Crippen LogP contribution in [0, 0.1) is 0 Å². The first-order valence-electron chi connectivity index (χ1n) is 20.1. The molecule has 0 saturated heterocycles. The fourth-order valence-corrected chi connectivity index (χ4v) is 6.14. The van der Waals surface area contributed by atoms with Gasteiger partial charge in [-0.05, 0) is 71.0 Å². The summed E-state index contributed by atoms with van der Waals surface area (Å²) in [6, 6.07) is 0. The Bertz CT molecular complexity index is 607. The zero-order valence-electron chi connectivity index (χ0n) is 31.0. The number of esters is 2. The molecule has 0 aromatic carbocycles. The summed E-state index contributed by atoms with van der Waals surface area (Å²) in [6.45, 7) is 12.7. The SMILES string of the molecule is CCCCCCCCCC(CCCCCCCCC)OC(=O)CCCN(CC)CCCCCCCCCC(=O)OCCCCC. The second kappa shape index (κ2) is 35.7. The van der Waals surface area contributed by atoms with Gasteiger partial charge in [-0.1, -0.05) is 150 Å². The molecule has 0 bridgehead atoms.